The van der Waals surface area contributed by atoms with Gasteiger partial charge < -0.3 is 5.11 Å². The SMILES string of the molecule is C/C=C/c1ccc([C@H]2[C@@H](CO)N(CC3CCCC3)C23CN(S(=O)(=O)CC)C3)cc1. The Morgan fingerprint density at radius 1 is 1.17 bits per heavy atom. The molecule has 1 aliphatic carbocycles. The van der Waals surface area contributed by atoms with Gasteiger partial charge in [-0.15, -0.1) is 0 Å². The first-order chi connectivity index (χ1) is 13.9. The summed E-state index contributed by atoms with van der Waals surface area (Å²) in [4.78, 5) is 2.45. The van der Waals surface area contributed by atoms with Crippen LogP contribution in [0.1, 0.15) is 56.6 Å². The summed E-state index contributed by atoms with van der Waals surface area (Å²) in [5.74, 6) is 1.00. The third-order valence-electron chi connectivity index (χ3n) is 7.37. The first-order valence-corrected chi connectivity index (χ1v) is 12.6. The quantitative estimate of drug-likeness (QED) is 0.739. The minimum atomic E-state index is -3.17. The van der Waals surface area contributed by atoms with Crippen LogP contribution >= 0.6 is 0 Å². The number of allylic oxidation sites excluding steroid dienone is 1. The van der Waals surface area contributed by atoms with Gasteiger partial charge in [-0.2, -0.15) is 4.31 Å². The van der Waals surface area contributed by atoms with Crippen LogP contribution < -0.4 is 0 Å². The molecule has 5 nitrogen and oxygen atoms in total. The summed E-state index contributed by atoms with van der Waals surface area (Å²) in [7, 11) is -3.17. The van der Waals surface area contributed by atoms with Crippen molar-refractivity contribution in [3.05, 3.63) is 41.5 Å². The topological polar surface area (TPSA) is 60.9 Å². The fourth-order valence-electron chi connectivity index (χ4n) is 5.82. The van der Waals surface area contributed by atoms with Crippen LogP contribution in [0, 0.1) is 5.92 Å². The molecule has 2 atom stereocenters. The number of hydrogen-bond donors (Lipinski definition) is 1. The maximum absolute atomic E-state index is 12.4. The van der Waals surface area contributed by atoms with Gasteiger partial charge in [-0.3, -0.25) is 4.90 Å². The predicted molar refractivity (Wildman–Crippen MR) is 117 cm³/mol. The number of benzene rings is 1. The molecule has 0 bridgehead atoms. The van der Waals surface area contributed by atoms with Crippen LogP contribution in [0.3, 0.4) is 0 Å². The Hall–Kier alpha value is -1.21. The van der Waals surface area contributed by atoms with E-state index in [9.17, 15) is 13.5 Å². The Bertz CT molecular complexity index is 837. The van der Waals surface area contributed by atoms with Crippen LogP contribution in [0.25, 0.3) is 6.08 Å². The molecule has 1 aromatic carbocycles. The van der Waals surface area contributed by atoms with Crippen molar-refractivity contribution in [2.75, 3.05) is 32.0 Å². The van der Waals surface area contributed by atoms with Crippen molar-refractivity contribution in [3.63, 3.8) is 0 Å². The van der Waals surface area contributed by atoms with E-state index in [2.05, 4.69) is 35.2 Å². The zero-order chi connectivity index (χ0) is 20.6. The molecule has 1 saturated carbocycles. The predicted octanol–water partition coefficient (Wildman–Crippen LogP) is 3.07. The standard InChI is InChI=1S/C23H34N2O3S/c1-3-7-18-10-12-20(13-11-18)22-21(15-26)25(14-19-8-5-6-9-19)23(22)16-24(17-23)29(27,28)4-2/h3,7,10-13,19,21-22,26H,4-6,8-9,14-17H2,1-2H3/b7-3+/t21-,22+/m1/s1. The van der Waals surface area contributed by atoms with Crippen LogP contribution in [0.5, 0.6) is 0 Å². The van der Waals surface area contributed by atoms with E-state index in [1.54, 1.807) is 11.2 Å². The molecule has 29 heavy (non-hydrogen) atoms. The third-order valence-corrected chi connectivity index (χ3v) is 9.14. The lowest BCUT2D eigenvalue weighted by molar-refractivity contribution is -0.175. The molecule has 3 fully saturated rings. The molecule has 0 amide bonds. The molecule has 0 aromatic heterocycles. The van der Waals surface area contributed by atoms with Gasteiger partial charge in [-0.05, 0) is 43.7 Å². The zero-order valence-electron chi connectivity index (χ0n) is 17.6. The Morgan fingerprint density at radius 2 is 1.83 bits per heavy atom. The Labute approximate surface area is 175 Å². The van der Waals surface area contributed by atoms with Crippen molar-refractivity contribution in [1.29, 1.82) is 0 Å². The van der Waals surface area contributed by atoms with E-state index in [0.29, 0.717) is 19.0 Å². The van der Waals surface area contributed by atoms with Crippen LogP contribution in [-0.2, 0) is 10.0 Å². The number of rotatable bonds is 7. The number of hydrogen-bond acceptors (Lipinski definition) is 4. The van der Waals surface area contributed by atoms with Gasteiger partial charge in [0.25, 0.3) is 0 Å². The molecule has 0 unspecified atom stereocenters. The monoisotopic (exact) mass is 418 g/mol. The highest BCUT2D eigenvalue weighted by Gasteiger charge is 2.67. The number of aliphatic hydroxyl groups is 1. The molecule has 2 saturated heterocycles. The number of sulfonamides is 1. The zero-order valence-corrected chi connectivity index (χ0v) is 18.4. The largest absolute Gasteiger partial charge is 0.395 e. The normalized spacial score (nSPS) is 28.1. The van der Waals surface area contributed by atoms with Gasteiger partial charge >= 0.3 is 0 Å². The lowest BCUT2D eigenvalue weighted by Gasteiger charge is -2.70. The highest BCUT2D eigenvalue weighted by molar-refractivity contribution is 7.89. The van der Waals surface area contributed by atoms with Crippen molar-refractivity contribution in [3.8, 4) is 0 Å². The molecule has 3 aliphatic rings. The maximum Gasteiger partial charge on any atom is 0.213 e. The van der Waals surface area contributed by atoms with Crippen molar-refractivity contribution in [1.82, 2.24) is 9.21 Å². The summed E-state index contributed by atoms with van der Waals surface area (Å²) in [6, 6.07) is 8.64. The fraction of sp³-hybridized carbons (Fsp3) is 0.652. The Balaban J connectivity index is 1.61. The van der Waals surface area contributed by atoms with Gasteiger partial charge in [-0.25, -0.2) is 8.42 Å². The molecule has 160 valence electrons. The van der Waals surface area contributed by atoms with Crippen molar-refractivity contribution >= 4 is 16.1 Å². The first kappa shape index (κ1) is 21.0. The first-order valence-electron chi connectivity index (χ1n) is 11.0. The van der Waals surface area contributed by atoms with Gasteiger partial charge in [0.15, 0.2) is 0 Å². The van der Waals surface area contributed by atoms with E-state index in [4.69, 9.17) is 0 Å². The van der Waals surface area contributed by atoms with Crippen molar-refractivity contribution < 1.29 is 13.5 Å². The molecule has 0 radical (unpaired) electrons. The second kappa shape index (κ2) is 8.14. The maximum atomic E-state index is 12.4. The number of likely N-dealkylation sites (tertiary alicyclic amines) is 1. The average Bonchev–Trinajstić information content (AvgIpc) is 3.18. The van der Waals surface area contributed by atoms with Gasteiger partial charge in [0, 0.05) is 31.6 Å². The molecular formula is C23H34N2O3S. The highest BCUT2D eigenvalue weighted by Crippen LogP contribution is 2.55. The second-order valence-electron chi connectivity index (χ2n) is 8.97. The van der Waals surface area contributed by atoms with E-state index in [-0.39, 0.29) is 29.9 Å². The molecule has 1 spiro atoms. The lowest BCUT2D eigenvalue weighted by Crippen LogP contribution is -2.85. The van der Waals surface area contributed by atoms with Gasteiger partial charge in [0.2, 0.25) is 10.0 Å². The van der Waals surface area contributed by atoms with Crippen molar-refractivity contribution in [2.24, 2.45) is 5.92 Å². The smallest absolute Gasteiger partial charge is 0.213 e. The van der Waals surface area contributed by atoms with E-state index in [0.717, 1.165) is 12.1 Å². The highest BCUT2D eigenvalue weighted by atomic mass is 32.2. The fourth-order valence-corrected chi connectivity index (χ4v) is 7.02. The molecule has 2 aliphatic heterocycles. The summed E-state index contributed by atoms with van der Waals surface area (Å²) < 4.78 is 26.5. The van der Waals surface area contributed by atoms with Crippen molar-refractivity contribution in [2.45, 2.75) is 57.0 Å². The number of nitrogens with zero attached hydrogens (tertiary/aromatic N) is 2. The molecular weight excluding hydrogens is 384 g/mol. The third kappa shape index (κ3) is 3.58. The van der Waals surface area contributed by atoms with Gasteiger partial charge in [0.05, 0.1) is 17.9 Å². The molecule has 4 rings (SSSR count). The lowest BCUT2D eigenvalue weighted by atomic mass is 9.61. The van der Waals surface area contributed by atoms with Gasteiger partial charge in [0.1, 0.15) is 0 Å². The van der Waals surface area contributed by atoms with E-state index >= 15 is 0 Å². The summed E-state index contributed by atoms with van der Waals surface area (Å²) in [6.07, 6.45) is 9.20. The van der Waals surface area contributed by atoms with Crippen LogP contribution in [0.4, 0.5) is 0 Å². The molecule has 1 aromatic rings. The van der Waals surface area contributed by atoms with Crippen LogP contribution in [-0.4, -0.2) is 66.3 Å². The van der Waals surface area contributed by atoms with E-state index in [1.807, 2.05) is 13.0 Å². The summed E-state index contributed by atoms with van der Waals surface area (Å²) in [6.45, 7) is 5.93. The molecule has 2 heterocycles. The Kier molecular flexibility index (Phi) is 5.90. The second-order valence-corrected chi connectivity index (χ2v) is 11.2. The Morgan fingerprint density at radius 3 is 2.38 bits per heavy atom. The summed E-state index contributed by atoms with van der Waals surface area (Å²) >= 11 is 0. The minimum absolute atomic E-state index is 0.0784. The molecule has 1 N–H and O–H groups in total. The molecule has 6 heteroatoms. The van der Waals surface area contributed by atoms with Gasteiger partial charge in [-0.1, -0.05) is 49.3 Å². The number of aliphatic hydroxyl groups excluding tert-OH is 1. The van der Waals surface area contributed by atoms with Crippen LogP contribution in [0.15, 0.2) is 30.3 Å². The van der Waals surface area contributed by atoms with Crippen LogP contribution in [0.2, 0.25) is 0 Å². The summed E-state index contributed by atoms with van der Waals surface area (Å²) in [5, 5.41) is 10.2. The van der Waals surface area contributed by atoms with E-state index in [1.165, 1.54) is 31.2 Å². The minimum Gasteiger partial charge on any atom is -0.395 e. The average molecular weight is 419 g/mol. The summed E-state index contributed by atoms with van der Waals surface area (Å²) in [5.41, 5.74) is 2.21. The van der Waals surface area contributed by atoms with E-state index < -0.39 is 10.0 Å².